The summed E-state index contributed by atoms with van der Waals surface area (Å²) in [5.74, 6) is -3.00. The molecule has 1 aromatic rings. The zero-order valence-electron chi connectivity index (χ0n) is 16.5. The molecular weight excluding hydrogens is 432 g/mol. The lowest BCUT2D eigenvalue weighted by atomic mass is 10.0. The lowest BCUT2D eigenvalue weighted by Crippen LogP contribution is -2.54. The Morgan fingerprint density at radius 3 is 2.58 bits per heavy atom. The number of carbonyl (C=O) groups is 5. The van der Waals surface area contributed by atoms with Crippen molar-refractivity contribution in [3.63, 3.8) is 0 Å². The monoisotopic (exact) mass is 454 g/mol. The lowest BCUT2D eigenvalue weighted by Gasteiger charge is -2.27. The molecule has 2 aliphatic heterocycles. The van der Waals surface area contributed by atoms with Gasteiger partial charge in [-0.1, -0.05) is 6.07 Å². The second-order valence-corrected chi connectivity index (χ2v) is 6.68. The number of benzene rings is 1. The molecule has 1 aromatic carbocycles. The van der Waals surface area contributed by atoms with Gasteiger partial charge in [0.25, 0.3) is 11.8 Å². The highest BCUT2D eigenvalue weighted by atomic mass is 35.5. The molecular formula is C19H23ClN4O7. The molecule has 0 radical (unpaired) electrons. The van der Waals surface area contributed by atoms with Gasteiger partial charge in [-0.3, -0.25) is 34.2 Å². The van der Waals surface area contributed by atoms with Crippen LogP contribution in [0, 0.1) is 0 Å². The predicted octanol–water partition coefficient (Wildman–Crippen LogP) is -0.560. The van der Waals surface area contributed by atoms with Crippen molar-refractivity contribution < 1.29 is 33.4 Å². The van der Waals surface area contributed by atoms with Crippen LogP contribution in [0.25, 0.3) is 0 Å². The number of amides is 5. The normalized spacial score (nSPS) is 17.8. The zero-order chi connectivity index (χ0) is 21.7. The van der Waals surface area contributed by atoms with Gasteiger partial charge in [0.05, 0.1) is 36.6 Å². The van der Waals surface area contributed by atoms with Crippen LogP contribution in [0.3, 0.4) is 0 Å². The Bertz CT molecular complexity index is 892. The molecule has 0 aliphatic carbocycles. The first-order valence-corrected chi connectivity index (χ1v) is 9.44. The minimum atomic E-state index is -1.07. The fraction of sp³-hybridized carbons (Fsp3) is 0.421. The molecule has 2 heterocycles. The van der Waals surface area contributed by atoms with Crippen molar-refractivity contribution in [1.29, 1.82) is 0 Å². The first-order valence-electron chi connectivity index (χ1n) is 9.44. The summed E-state index contributed by atoms with van der Waals surface area (Å²) in [4.78, 5) is 62.2. The van der Waals surface area contributed by atoms with Gasteiger partial charge < -0.3 is 20.5 Å². The van der Waals surface area contributed by atoms with Crippen LogP contribution in [0.1, 0.15) is 33.6 Å². The molecule has 31 heavy (non-hydrogen) atoms. The van der Waals surface area contributed by atoms with Crippen LogP contribution in [0.15, 0.2) is 18.2 Å². The maximum absolute atomic E-state index is 12.9. The number of rotatable bonds is 9. The van der Waals surface area contributed by atoms with Gasteiger partial charge in [-0.05, 0) is 18.6 Å². The maximum atomic E-state index is 12.9. The summed E-state index contributed by atoms with van der Waals surface area (Å²) < 4.78 is 10.3. The molecule has 2 aliphatic rings. The van der Waals surface area contributed by atoms with Crippen molar-refractivity contribution in [2.45, 2.75) is 18.9 Å². The molecule has 4 N–H and O–H groups in total. The number of hydrogen-bond acceptors (Lipinski definition) is 8. The minimum Gasteiger partial charge on any atom is -0.378 e. The Hall–Kier alpha value is -2.86. The highest BCUT2D eigenvalue weighted by molar-refractivity contribution is 6.26. The van der Waals surface area contributed by atoms with Crippen LogP contribution in [0.5, 0.6) is 0 Å². The molecule has 0 bridgehead atoms. The van der Waals surface area contributed by atoms with E-state index in [9.17, 15) is 24.0 Å². The number of hydrogen-bond donors (Lipinski definition) is 3. The highest BCUT2D eigenvalue weighted by Crippen LogP contribution is 2.32. The van der Waals surface area contributed by atoms with Crippen molar-refractivity contribution in [2.75, 3.05) is 38.3 Å². The zero-order valence-corrected chi connectivity index (χ0v) is 17.4. The first kappa shape index (κ1) is 24.4. The number of nitrogens with zero attached hydrogens (tertiary/aromatic N) is 1. The maximum Gasteiger partial charge on any atom is 0.264 e. The molecule has 11 nitrogen and oxygen atoms in total. The highest BCUT2D eigenvalue weighted by Gasteiger charge is 2.45. The minimum absolute atomic E-state index is 0. The molecule has 5 amide bonds. The van der Waals surface area contributed by atoms with Crippen LogP contribution in [-0.4, -0.2) is 73.4 Å². The molecule has 3 rings (SSSR count). The molecule has 168 valence electrons. The summed E-state index contributed by atoms with van der Waals surface area (Å²) in [6, 6.07) is 3.38. The number of fused-ring (bicyclic) bond motifs is 1. The Balaban J connectivity index is 0.00000341. The molecule has 0 spiro atoms. The largest absolute Gasteiger partial charge is 0.378 e. The number of imide groups is 2. The third kappa shape index (κ3) is 5.44. The molecule has 12 heteroatoms. The molecule has 0 aromatic heterocycles. The van der Waals surface area contributed by atoms with E-state index in [0.717, 1.165) is 4.90 Å². The average Bonchev–Trinajstić information content (AvgIpc) is 2.96. The van der Waals surface area contributed by atoms with Gasteiger partial charge in [0.1, 0.15) is 12.6 Å². The third-order valence-electron chi connectivity index (χ3n) is 4.61. The molecule has 1 saturated heterocycles. The standard InChI is InChI=1S/C19H22N4O7.ClH/c20-6-7-29-8-9-30-10-15(25)21-12-3-1-2-11-16(12)19(28)23(18(11)27)13-4-5-14(24)22-17(13)26;/h1-3,13H,4-10,20H2,(H,21,25)(H,22,24,26);1H. The van der Waals surface area contributed by atoms with E-state index in [4.69, 9.17) is 15.2 Å². The van der Waals surface area contributed by atoms with Gasteiger partial charge >= 0.3 is 0 Å². The molecule has 1 fully saturated rings. The summed E-state index contributed by atoms with van der Waals surface area (Å²) in [6.45, 7) is 1.00. The number of carbonyl (C=O) groups excluding carboxylic acids is 5. The first-order chi connectivity index (χ1) is 14.4. The Labute approximate surface area is 184 Å². The Kier molecular flexibility index (Phi) is 8.63. The number of nitrogens with one attached hydrogen (secondary N) is 2. The van der Waals surface area contributed by atoms with Crippen LogP contribution in [0.4, 0.5) is 5.69 Å². The number of ether oxygens (including phenoxy) is 2. The van der Waals surface area contributed by atoms with Gasteiger partial charge in [-0.25, -0.2) is 0 Å². The average molecular weight is 455 g/mol. The van der Waals surface area contributed by atoms with Gasteiger partial charge in [-0.2, -0.15) is 0 Å². The summed E-state index contributed by atoms with van der Waals surface area (Å²) in [5.41, 5.74) is 5.53. The van der Waals surface area contributed by atoms with Gasteiger partial charge in [0, 0.05) is 13.0 Å². The van der Waals surface area contributed by atoms with E-state index in [1.807, 2.05) is 0 Å². The van der Waals surface area contributed by atoms with E-state index < -0.39 is 35.6 Å². The second-order valence-electron chi connectivity index (χ2n) is 6.68. The number of piperidine rings is 1. The van der Waals surface area contributed by atoms with Crippen molar-refractivity contribution in [3.8, 4) is 0 Å². The van der Waals surface area contributed by atoms with E-state index in [2.05, 4.69) is 10.6 Å². The van der Waals surface area contributed by atoms with Gasteiger partial charge in [0.15, 0.2) is 0 Å². The molecule has 1 unspecified atom stereocenters. The fourth-order valence-corrected chi connectivity index (χ4v) is 3.27. The molecule has 0 saturated carbocycles. The quantitative estimate of drug-likeness (QED) is 0.331. The van der Waals surface area contributed by atoms with Crippen LogP contribution >= 0.6 is 12.4 Å². The van der Waals surface area contributed by atoms with E-state index in [0.29, 0.717) is 19.8 Å². The topological polar surface area (TPSA) is 157 Å². The summed E-state index contributed by atoms with van der Waals surface area (Å²) >= 11 is 0. The van der Waals surface area contributed by atoms with E-state index in [1.54, 1.807) is 0 Å². The van der Waals surface area contributed by atoms with Crippen molar-refractivity contribution >= 4 is 47.6 Å². The summed E-state index contributed by atoms with van der Waals surface area (Å²) in [5, 5.41) is 4.69. The summed E-state index contributed by atoms with van der Waals surface area (Å²) in [6.07, 6.45) is 0.0810. The second kappa shape index (κ2) is 11.0. The smallest absolute Gasteiger partial charge is 0.264 e. The van der Waals surface area contributed by atoms with E-state index in [1.165, 1.54) is 18.2 Å². The number of halogens is 1. The van der Waals surface area contributed by atoms with Crippen LogP contribution < -0.4 is 16.4 Å². The Morgan fingerprint density at radius 1 is 1.13 bits per heavy atom. The number of anilines is 1. The SMILES string of the molecule is Cl.NCCOCCOCC(=O)Nc1cccc2c1C(=O)N(C1CCC(=O)NC1=O)C2=O. The third-order valence-corrected chi connectivity index (χ3v) is 4.61. The van der Waals surface area contributed by atoms with Gasteiger partial charge in [0.2, 0.25) is 17.7 Å². The number of nitrogens with two attached hydrogens (primary N) is 1. The van der Waals surface area contributed by atoms with Crippen molar-refractivity contribution in [1.82, 2.24) is 10.2 Å². The van der Waals surface area contributed by atoms with E-state index >= 15 is 0 Å². The van der Waals surface area contributed by atoms with Crippen molar-refractivity contribution in [2.24, 2.45) is 5.73 Å². The van der Waals surface area contributed by atoms with Gasteiger partial charge in [-0.15, -0.1) is 12.4 Å². The lowest BCUT2D eigenvalue weighted by molar-refractivity contribution is -0.136. The summed E-state index contributed by atoms with van der Waals surface area (Å²) in [7, 11) is 0. The van der Waals surface area contributed by atoms with E-state index in [-0.39, 0.29) is 55.3 Å². The Morgan fingerprint density at radius 2 is 1.87 bits per heavy atom. The van der Waals surface area contributed by atoms with Crippen molar-refractivity contribution in [3.05, 3.63) is 29.3 Å². The van der Waals surface area contributed by atoms with Crippen LogP contribution in [0.2, 0.25) is 0 Å². The molecule has 1 atom stereocenters. The van der Waals surface area contributed by atoms with Crippen LogP contribution in [-0.2, 0) is 23.9 Å². The predicted molar refractivity (Wildman–Crippen MR) is 110 cm³/mol. The fourth-order valence-electron chi connectivity index (χ4n) is 3.27.